The number of carboxylic acids is 1. The topological polar surface area (TPSA) is 95.9 Å². The van der Waals surface area contributed by atoms with E-state index in [1.54, 1.807) is 30.4 Å². The number of carbonyl (C=O) groups excluding carboxylic acids is 2. The Morgan fingerprint density at radius 3 is 2.59 bits per heavy atom. The molecule has 1 aromatic carbocycles. The van der Waals surface area contributed by atoms with E-state index in [-0.39, 0.29) is 10.7 Å². The van der Waals surface area contributed by atoms with Crippen LogP contribution in [0.5, 0.6) is 0 Å². The molecule has 3 rings (SSSR count). The Morgan fingerprint density at radius 1 is 1.30 bits per heavy atom. The molecular weight excluding hydrogens is 388 g/mol. The second-order valence-corrected chi connectivity index (χ2v) is 9.77. The molecule has 2 aliphatic rings. The Bertz CT molecular complexity index is 709. The maximum atomic E-state index is 12.8. The number of hydrogen-bond donors (Lipinski definition) is 2. The first-order valence-corrected chi connectivity index (χ1v) is 10.7. The average molecular weight is 411 g/mol. The number of amides is 2. The van der Waals surface area contributed by atoms with Crippen molar-refractivity contribution in [3.8, 4) is 0 Å². The van der Waals surface area contributed by atoms with Gasteiger partial charge in [-0.25, -0.2) is 9.59 Å². The fourth-order valence-corrected chi connectivity index (χ4v) is 6.51. The molecule has 2 saturated heterocycles. The fraction of sp³-hybridized carbons (Fsp3) is 0.500. The largest absolute Gasteiger partial charge is 0.480 e. The van der Waals surface area contributed by atoms with Crippen molar-refractivity contribution < 1.29 is 24.2 Å². The Kier molecular flexibility index (Phi) is 6.21. The molecular formula is C18H22N2O5S2. The number of alkyl carbamates (subject to hydrolysis) is 1. The van der Waals surface area contributed by atoms with Crippen molar-refractivity contribution in [1.29, 1.82) is 0 Å². The van der Waals surface area contributed by atoms with E-state index in [9.17, 15) is 19.5 Å². The van der Waals surface area contributed by atoms with E-state index < -0.39 is 30.1 Å². The van der Waals surface area contributed by atoms with Crippen LogP contribution >= 0.6 is 23.5 Å². The number of likely N-dealkylation sites (tertiary alicyclic amines) is 1. The Labute approximate surface area is 166 Å². The van der Waals surface area contributed by atoms with Crippen LogP contribution in [0.3, 0.4) is 0 Å². The van der Waals surface area contributed by atoms with Gasteiger partial charge in [-0.15, -0.1) is 23.5 Å². The van der Waals surface area contributed by atoms with Crippen LogP contribution in [0, 0.1) is 0 Å². The number of carbonyl (C=O) groups is 3. The van der Waals surface area contributed by atoms with Crippen molar-refractivity contribution >= 4 is 41.5 Å². The van der Waals surface area contributed by atoms with Gasteiger partial charge in [0.25, 0.3) is 0 Å². The molecule has 0 aliphatic carbocycles. The monoisotopic (exact) mass is 410 g/mol. The zero-order valence-electron chi connectivity index (χ0n) is 14.9. The molecule has 0 radical (unpaired) electrons. The van der Waals surface area contributed by atoms with Crippen molar-refractivity contribution in [1.82, 2.24) is 10.2 Å². The first-order chi connectivity index (χ1) is 12.9. The highest BCUT2D eigenvalue weighted by Crippen LogP contribution is 2.51. The molecule has 0 saturated carbocycles. The van der Waals surface area contributed by atoms with E-state index in [0.717, 1.165) is 17.1 Å². The Hall–Kier alpha value is -1.87. The second-order valence-electron chi connectivity index (χ2n) is 6.56. The van der Waals surface area contributed by atoms with Gasteiger partial charge in [0, 0.05) is 24.5 Å². The summed E-state index contributed by atoms with van der Waals surface area (Å²) < 4.78 is 4.89. The van der Waals surface area contributed by atoms with Gasteiger partial charge in [-0.1, -0.05) is 30.3 Å². The number of rotatable bonds is 5. The molecule has 7 nitrogen and oxygen atoms in total. The number of nitrogens with zero attached hydrogens (tertiary/aromatic N) is 1. The molecule has 2 heterocycles. The summed E-state index contributed by atoms with van der Waals surface area (Å²) in [6.07, 6.45) is -0.278. The third-order valence-electron chi connectivity index (χ3n) is 4.59. The predicted molar refractivity (Wildman–Crippen MR) is 105 cm³/mol. The lowest BCUT2D eigenvalue weighted by molar-refractivity contribution is -0.148. The quantitative estimate of drug-likeness (QED) is 0.768. The number of nitrogens with one attached hydrogen (secondary N) is 1. The summed E-state index contributed by atoms with van der Waals surface area (Å²) in [5, 5.41) is 12.0. The lowest BCUT2D eigenvalue weighted by atomic mass is 10.2. The number of carboxylic acid groups (broad SMARTS) is 1. The maximum absolute atomic E-state index is 12.8. The number of hydrogen-bond acceptors (Lipinski definition) is 6. The summed E-state index contributed by atoms with van der Waals surface area (Å²) >= 11 is 3.44. The van der Waals surface area contributed by atoms with Gasteiger partial charge in [0.15, 0.2) is 0 Å². The summed E-state index contributed by atoms with van der Waals surface area (Å²) in [6.45, 7) is 2.03. The molecule has 2 fully saturated rings. The third-order valence-corrected chi connectivity index (χ3v) is 8.02. The van der Waals surface area contributed by atoms with E-state index in [0.29, 0.717) is 13.0 Å². The fourth-order valence-electron chi connectivity index (χ4n) is 3.25. The molecule has 2 N–H and O–H groups in total. The van der Waals surface area contributed by atoms with Gasteiger partial charge < -0.3 is 20.1 Å². The summed E-state index contributed by atoms with van der Waals surface area (Å²) in [6, 6.07) is 7.50. The molecule has 0 aromatic heterocycles. The number of aliphatic carboxylic acids is 1. The highest BCUT2D eigenvalue weighted by atomic mass is 32.2. The zero-order chi connectivity index (χ0) is 19.4. The van der Waals surface area contributed by atoms with Crippen molar-refractivity contribution in [2.24, 2.45) is 0 Å². The minimum atomic E-state index is -1.01. The van der Waals surface area contributed by atoms with Crippen LogP contribution in [-0.4, -0.2) is 62.2 Å². The predicted octanol–water partition coefficient (Wildman–Crippen LogP) is 2.16. The molecule has 1 aromatic rings. The van der Waals surface area contributed by atoms with E-state index in [4.69, 9.17) is 4.74 Å². The van der Waals surface area contributed by atoms with Crippen LogP contribution in [0.4, 0.5) is 4.79 Å². The minimum Gasteiger partial charge on any atom is -0.480 e. The van der Waals surface area contributed by atoms with E-state index in [1.807, 2.05) is 30.3 Å². The van der Waals surface area contributed by atoms with Crippen LogP contribution in [0.15, 0.2) is 30.3 Å². The highest BCUT2D eigenvalue weighted by molar-refractivity contribution is 8.21. The molecule has 146 valence electrons. The minimum absolute atomic E-state index is 0.103. The van der Waals surface area contributed by atoms with Crippen LogP contribution in [0.1, 0.15) is 18.9 Å². The lowest BCUT2D eigenvalue weighted by Crippen LogP contribution is -2.50. The van der Waals surface area contributed by atoms with Gasteiger partial charge in [-0.05, 0) is 12.5 Å². The first kappa shape index (κ1) is 19.9. The first-order valence-electron chi connectivity index (χ1n) is 8.69. The SMILES string of the molecule is C[C@H](NC(=O)OCc1ccccc1)C(=O)N1CC2(C[C@H]1C(=O)O)SCCS2. The average Bonchev–Trinajstić information content (AvgIpc) is 3.27. The van der Waals surface area contributed by atoms with Gasteiger partial charge in [0.2, 0.25) is 5.91 Å². The summed E-state index contributed by atoms with van der Waals surface area (Å²) in [5.74, 6) is 0.508. The second kappa shape index (κ2) is 8.43. The lowest BCUT2D eigenvalue weighted by Gasteiger charge is -2.26. The zero-order valence-corrected chi connectivity index (χ0v) is 16.6. The van der Waals surface area contributed by atoms with Gasteiger partial charge in [-0.2, -0.15) is 0 Å². The summed E-state index contributed by atoms with van der Waals surface area (Å²) in [7, 11) is 0. The number of thioether (sulfide) groups is 2. The third kappa shape index (κ3) is 4.70. The number of ether oxygens (including phenoxy) is 1. The molecule has 0 bridgehead atoms. The molecule has 1 spiro atoms. The van der Waals surface area contributed by atoms with Crippen molar-refractivity contribution in [3.63, 3.8) is 0 Å². The molecule has 27 heavy (non-hydrogen) atoms. The maximum Gasteiger partial charge on any atom is 0.408 e. The summed E-state index contributed by atoms with van der Waals surface area (Å²) in [4.78, 5) is 37.8. The molecule has 2 amide bonds. The van der Waals surface area contributed by atoms with Crippen LogP contribution in [-0.2, 0) is 20.9 Å². The Morgan fingerprint density at radius 2 is 1.96 bits per heavy atom. The molecule has 2 atom stereocenters. The highest BCUT2D eigenvalue weighted by Gasteiger charge is 2.51. The van der Waals surface area contributed by atoms with E-state index in [2.05, 4.69) is 5.32 Å². The van der Waals surface area contributed by atoms with Crippen LogP contribution < -0.4 is 5.32 Å². The van der Waals surface area contributed by atoms with Gasteiger partial charge >= 0.3 is 12.1 Å². The summed E-state index contributed by atoms with van der Waals surface area (Å²) in [5.41, 5.74) is 0.842. The van der Waals surface area contributed by atoms with Crippen molar-refractivity contribution in [2.75, 3.05) is 18.1 Å². The number of benzene rings is 1. The van der Waals surface area contributed by atoms with Gasteiger partial charge in [0.1, 0.15) is 18.7 Å². The normalized spacial score (nSPS) is 21.8. The van der Waals surface area contributed by atoms with Crippen LogP contribution in [0.2, 0.25) is 0 Å². The van der Waals surface area contributed by atoms with Crippen molar-refractivity contribution in [3.05, 3.63) is 35.9 Å². The Balaban J connectivity index is 1.57. The molecule has 9 heteroatoms. The molecule has 0 unspecified atom stereocenters. The standard InChI is InChI=1S/C18H22N2O5S2/c1-12(19-17(24)25-10-13-5-3-2-4-6-13)15(21)20-11-18(26-7-8-27-18)9-14(20)16(22)23/h2-6,12,14H,7-11H2,1H3,(H,19,24)(H,22,23)/t12-,14-/m0/s1. The van der Waals surface area contributed by atoms with Crippen molar-refractivity contribution in [2.45, 2.75) is 36.1 Å². The molecule has 2 aliphatic heterocycles. The smallest absolute Gasteiger partial charge is 0.408 e. The van der Waals surface area contributed by atoms with Gasteiger partial charge in [-0.3, -0.25) is 4.79 Å². The van der Waals surface area contributed by atoms with Crippen LogP contribution in [0.25, 0.3) is 0 Å². The van der Waals surface area contributed by atoms with Gasteiger partial charge in [0.05, 0.1) is 4.08 Å². The van der Waals surface area contributed by atoms with E-state index in [1.165, 1.54) is 4.90 Å². The van der Waals surface area contributed by atoms with E-state index >= 15 is 0 Å².